The van der Waals surface area contributed by atoms with Crippen molar-refractivity contribution in [3.05, 3.63) is 24.3 Å². The summed E-state index contributed by atoms with van der Waals surface area (Å²) in [5.74, 6) is 0.989. The van der Waals surface area contributed by atoms with Crippen LogP contribution in [0.2, 0.25) is 0 Å². The zero-order chi connectivity index (χ0) is 15.2. The monoisotopic (exact) mass is 290 g/mol. The molecule has 0 radical (unpaired) electrons. The molecular weight excluding hydrogens is 260 g/mol. The van der Waals surface area contributed by atoms with Gasteiger partial charge in [-0.15, -0.1) is 0 Å². The molecule has 3 atom stereocenters. The molecule has 0 aliphatic carbocycles. The summed E-state index contributed by atoms with van der Waals surface area (Å²) < 4.78 is 5.95. The van der Waals surface area contributed by atoms with E-state index in [0.717, 1.165) is 25.3 Å². The number of nitrogens with zero attached hydrogens (tertiary/aromatic N) is 1. The average Bonchev–Trinajstić information content (AvgIpc) is 2.45. The Labute approximate surface area is 129 Å². The van der Waals surface area contributed by atoms with Gasteiger partial charge < -0.3 is 15.0 Å². The molecule has 0 spiro atoms. The minimum atomic E-state index is 0.275. The van der Waals surface area contributed by atoms with Crippen LogP contribution in [0.15, 0.2) is 24.3 Å². The molecule has 3 unspecified atom stereocenters. The smallest absolute Gasteiger partial charge is 0.121 e. The highest BCUT2D eigenvalue weighted by Crippen LogP contribution is 2.24. The fourth-order valence-corrected chi connectivity index (χ4v) is 2.79. The van der Waals surface area contributed by atoms with E-state index < -0.39 is 0 Å². The summed E-state index contributed by atoms with van der Waals surface area (Å²) in [7, 11) is 0. The van der Waals surface area contributed by atoms with Crippen molar-refractivity contribution in [3.63, 3.8) is 0 Å². The van der Waals surface area contributed by atoms with Gasteiger partial charge in [0.05, 0.1) is 6.10 Å². The average molecular weight is 290 g/mol. The highest BCUT2D eigenvalue weighted by Gasteiger charge is 2.16. The fourth-order valence-electron chi connectivity index (χ4n) is 2.79. The zero-order valence-corrected chi connectivity index (χ0v) is 13.9. The van der Waals surface area contributed by atoms with Crippen LogP contribution in [-0.4, -0.2) is 31.3 Å². The van der Waals surface area contributed by atoms with Crippen molar-refractivity contribution in [2.24, 2.45) is 0 Å². The summed E-state index contributed by atoms with van der Waals surface area (Å²) in [6.07, 6.45) is 3.67. The van der Waals surface area contributed by atoms with Crippen LogP contribution in [0.3, 0.4) is 0 Å². The number of nitrogens with one attached hydrogen (secondary N) is 1. The second-order valence-corrected chi connectivity index (χ2v) is 6.37. The Balaban J connectivity index is 2.06. The van der Waals surface area contributed by atoms with E-state index in [1.165, 1.54) is 18.5 Å². The predicted octanol–water partition coefficient (Wildman–Crippen LogP) is 3.83. The van der Waals surface area contributed by atoms with Crippen LogP contribution in [0, 0.1) is 0 Å². The molecule has 2 rings (SSSR count). The molecule has 0 bridgehead atoms. The third-order valence-corrected chi connectivity index (χ3v) is 4.33. The lowest BCUT2D eigenvalue weighted by Crippen LogP contribution is -2.43. The van der Waals surface area contributed by atoms with Gasteiger partial charge in [0.2, 0.25) is 0 Å². The first kappa shape index (κ1) is 16.2. The van der Waals surface area contributed by atoms with Gasteiger partial charge in [-0.25, -0.2) is 0 Å². The molecule has 1 aliphatic rings. The van der Waals surface area contributed by atoms with Crippen molar-refractivity contribution >= 4 is 5.69 Å². The molecule has 0 amide bonds. The molecule has 1 heterocycles. The molecule has 118 valence electrons. The molecule has 1 N–H and O–H groups in total. The molecule has 1 aliphatic heterocycles. The first-order valence-electron chi connectivity index (χ1n) is 8.36. The van der Waals surface area contributed by atoms with Gasteiger partial charge in [-0.3, -0.25) is 0 Å². The standard InChI is InChI=1S/C18H30N2O/c1-5-16(4)21-18-8-6-7-17(13-18)20-11-9-14(2)19-15(3)10-12-20/h6-8,13-16,19H,5,9-12H2,1-4H3. The first-order chi connectivity index (χ1) is 10.1. The van der Waals surface area contributed by atoms with E-state index in [-0.39, 0.29) is 6.10 Å². The molecule has 0 saturated carbocycles. The van der Waals surface area contributed by atoms with Gasteiger partial charge in [-0.1, -0.05) is 13.0 Å². The summed E-state index contributed by atoms with van der Waals surface area (Å²) >= 11 is 0. The van der Waals surface area contributed by atoms with E-state index in [2.05, 4.69) is 62.2 Å². The minimum Gasteiger partial charge on any atom is -0.491 e. The Morgan fingerprint density at radius 3 is 2.52 bits per heavy atom. The van der Waals surface area contributed by atoms with Crippen molar-refractivity contribution < 1.29 is 4.74 Å². The van der Waals surface area contributed by atoms with Gasteiger partial charge in [-0.05, 0) is 52.2 Å². The Kier molecular flexibility index (Phi) is 5.92. The van der Waals surface area contributed by atoms with E-state index in [1.54, 1.807) is 0 Å². The van der Waals surface area contributed by atoms with E-state index >= 15 is 0 Å². The Morgan fingerprint density at radius 1 is 1.24 bits per heavy atom. The number of benzene rings is 1. The lowest BCUT2D eigenvalue weighted by atomic mass is 10.1. The van der Waals surface area contributed by atoms with Crippen molar-refractivity contribution in [1.82, 2.24) is 5.32 Å². The second kappa shape index (κ2) is 7.69. The van der Waals surface area contributed by atoms with Gasteiger partial charge in [-0.2, -0.15) is 0 Å². The Morgan fingerprint density at radius 2 is 1.90 bits per heavy atom. The Hall–Kier alpha value is -1.22. The number of rotatable bonds is 4. The third kappa shape index (κ3) is 4.92. The maximum atomic E-state index is 5.95. The molecule has 1 fully saturated rings. The maximum absolute atomic E-state index is 5.95. The van der Waals surface area contributed by atoms with E-state index in [9.17, 15) is 0 Å². The van der Waals surface area contributed by atoms with Crippen LogP contribution in [-0.2, 0) is 0 Å². The zero-order valence-electron chi connectivity index (χ0n) is 13.9. The first-order valence-corrected chi connectivity index (χ1v) is 8.36. The van der Waals surface area contributed by atoms with Gasteiger partial charge in [0.15, 0.2) is 0 Å². The number of hydrogen-bond acceptors (Lipinski definition) is 3. The number of hydrogen-bond donors (Lipinski definition) is 1. The van der Waals surface area contributed by atoms with E-state index in [0.29, 0.717) is 12.1 Å². The van der Waals surface area contributed by atoms with Crippen LogP contribution < -0.4 is 15.0 Å². The molecule has 1 saturated heterocycles. The van der Waals surface area contributed by atoms with E-state index in [4.69, 9.17) is 4.74 Å². The van der Waals surface area contributed by atoms with Crippen LogP contribution in [0.5, 0.6) is 5.75 Å². The maximum Gasteiger partial charge on any atom is 0.121 e. The van der Waals surface area contributed by atoms with Crippen LogP contribution in [0.25, 0.3) is 0 Å². The van der Waals surface area contributed by atoms with Gasteiger partial charge >= 0.3 is 0 Å². The largest absolute Gasteiger partial charge is 0.491 e. The molecule has 1 aromatic carbocycles. The summed E-state index contributed by atoms with van der Waals surface area (Å²) in [6, 6.07) is 9.73. The van der Waals surface area contributed by atoms with Crippen molar-refractivity contribution in [2.75, 3.05) is 18.0 Å². The molecular formula is C18H30N2O. The summed E-state index contributed by atoms with van der Waals surface area (Å²) in [4.78, 5) is 2.50. The van der Waals surface area contributed by atoms with Crippen molar-refractivity contribution in [1.29, 1.82) is 0 Å². The molecule has 0 aromatic heterocycles. The lowest BCUT2D eigenvalue weighted by Gasteiger charge is -2.32. The second-order valence-electron chi connectivity index (χ2n) is 6.37. The Bertz CT molecular complexity index is 423. The SMILES string of the molecule is CCC(C)Oc1cccc(N2CCC(C)NC(C)CC2)c1. The highest BCUT2D eigenvalue weighted by molar-refractivity contribution is 5.50. The molecule has 1 aromatic rings. The normalized spacial score (nSPS) is 25.0. The highest BCUT2D eigenvalue weighted by atomic mass is 16.5. The van der Waals surface area contributed by atoms with Gasteiger partial charge in [0, 0.05) is 36.9 Å². The topological polar surface area (TPSA) is 24.5 Å². The van der Waals surface area contributed by atoms with Gasteiger partial charge in [0.1, 0.15) is 5.75 Å². The fraction of sp³-hybridized carbons (Fsp3) is 0.667. The van der Waals surface area contributed by atoms with Crippen molar-refractivity contribution in [3.8, 4) is 5.75 Å². The third-order valence-electron chi connectivity index (χ3n) is 4.33. The predicted molar refractivity (Wildman–Crippen MR) is 90.3 cm³/mol. The summed E-state index contributed by atoms with van der Waals surface area (Å²) in [5.41, 5.74) is 1.29. The lowest BCUT2D eigenvalue weighted by molar-refractivity contribution is 0.217. The van der Waals surface area contributed by atoms with Crippen LogP contribution in [0.4, 0.5) is 5.69 Å². The molecule has 3 nitrogen and oxygen atoms in total. The number of anilines is 1. The van der Waals surface area contributed by atoms with Crippen molar-refractivity contribution in [2.45, 2.75) is 65.1 Å². The molecule has 21 heavy (non-hydrogen) atoms. The quantitative estimate of drug-likeness (QED) is 0.912. The van der Waals surface area contributed by atoms with Crippen LogP contribution >= 0.6 is 0 Å². The number of ether oxygens (including phenoxy) is 1. The van der Waals surface area contributed by atoms with Crippen LogP contribution in [0.1, 0.15) is 47.0 Å². The summed E-state index contributed by atoms with van der Waals surface area (Å²) in [6.45, 7) is 11.0. The summed E-state index contributed by atoms with van der Waals surface area (Å²) in [5, 5.41) is 3.65. The minimum absolute atomic E-state index is 0.275. The molecule has 3 heteroatoms. The van der Waals surface area contributed by atoms with Gasteiger partial charge in [0.25, 0.3) is 0 Å². The van der Waals surface area contributed by atoms with E-state index in [1.807, 2.05) is 0 Å².